The molecule has 4 aromatic rings. The predicted octanol–water partition coefficient (Wildman–Crippen LogP) is 4.14. The molecule has 164 valence electrons. The van der Waals surface area contributed by atoms with Crippen LogP contribution in [0.2, 0.25) is 0 Å². The van der Waals surface area contributed by atoms with Gasteiger partial charge in [0.25, 0.3) is 0 Å². The Morgan fingerprint density at radius 3 is 2.19 bits per heavy atom. The van der Waals surface area contributed by atoms with Gasteiger partial charge in [-0.25, -0.2) is 17.7 Å². The van der Waals surface area contributed by atoms with Crippen LogP contribution < -0.4 is 5.73 Å². The summed E-state index contributed by atoms with van der Waals surface area (Å²) >= 11 is 0. The summed E-state index contributed by atoms with van der Waals surface area (Å²) in [5.41, 5.74) is 10.3. The summed E-state index contributed by atoms with van der Waals surface area (Å²) in [4.78, 5) is 5.53. The SMILES string of the molecule is CN(C)S(=O)(=O)c1cccc(-c2ccc3nc(N)c(-c4ccc(S(C)=O)cc4)cc3c2)c1. The second-order valence-corrected chi connectivity index (χ2v) is 11.2. The molecule has 0 saturated carbocycles. The van der Waals surface area contributed by atoms with Crippen molar-refractivity contribution in [1.29, 1.82) is 0 Å². The molecule has 32 heavy (non-hydrogen) atoms. The van der Waals surface area contributed by atoms with Crippen LogP contribution in [0.15, 0.2) is 82.6 Å². The molecule has 1 aromatic heterocycles. The average molecular weight is 466 g/mol. The lowest BCUT2D eigenvalue weighted by Gasteiger charge is -2.13. The summed E-state index contributed by atoms with van der Waals surface area (Å²) in [7, 11) is -1.55. The highest BCUT2D eigenvalue weighted by Gasteiger charge is 2.17. The highest BCUT2D eigenvalue weighted by atomic mass is 32.2. The van der Waals surface area contributed by atoms with Gasteiger partial charge in [-0.05, 0) is 59.2 Å². The van der Waals surface area contributed by atoms with E-state index in [0.717, 1.165) is 38.1 Å². The first-order valence-corrected chi connectivity index (χ1v) is 12.8. The van der Waals surface area contributed by atoms with Crippen LogP contribution in [-0.2, 0) is 20.8 Å². The number of rotatable bonds is 5. The molecule has 6 nitrogen and oxygen atoms in total. The number of anilines is 1. The quantitative estimate of drug-likeness (QED) is 0.478. The fourth-order valence-electron chi connectivity index (χ4n) is 3.48. The van der Waals surface area contributed by atoms with Crippen molar-refractivity contribution in [3.05, 3.63) is 72.8 Å². The molecule has 0 aliphatic rings. The van der Waals surface area contributed by atoms with Gasteiger partial charge in [-0.3, -0.25) is 4.21 Å². The van der Waals surface area contributed by atoms with E-state index in [4.69, 9.17) is 5.73 Å². The zero-order valence-corrected chi connectivity index (χ0v) is 19.6. The molecule has 0 amide bonds. The lowest BCUT2D eigenvalue weighted by atomic mass is 10.0. The fourth-order valence-corrected chi connectivity index (χ4v) is 4.94. The molecule has 0 aliphatic heterocycles. The number of fused-ring (bicyclic) bond motifs is 1. The van der Waals surface area contributed by atoms with Crippen LogP contribution in [-0.4, -0.2) is 42.3 Å². The van der Waals surface area contributed by atoms with Gasteiger partial charge in [0.05, 0.1) is 10.4 Å². The van der Waals surface area contributed by atoms with Gasteiger partial charge in [0.1, 0.15) is 5.82 Å². The van der Waals surface area contributed by atoms with Crippen molar-refractivity contribution in [1.82, 2.24) is 9.29 Å². The third kappa shape index (κ3) is 4.17. The van der Waals surface area contributed by atoms with Crippen molar-refractivity contribution in [3.8, 4) is 22.3 Å². The topological polar surface area (TPSA) is 93.4 Å². The first-order valence-electron chi connectivity index (χ1n) is 9.84. The standard InChI is InChI=1S/C24H23N3O3S2/c1-27(2)32(29,30)21-6-4-5-17(14-21)18-9-12-23-19(13-18)15-22(24(25)26-23)16-7-10-20(11-8-16)31(3)28/h4-15H,1-3H3,(H2,25,26). The molecule has 2 N–H and O–H groups in total. The van der Waals surface area contributed by atoms with E-state index in [2.05, 4.69) is 4.98 Å². The van der Waals surface area contributed by atoms with E-state index < -0.39 is 20.8 Å². The van der Waals surface area contributed by atoms with E-state index in [1.165, 1.54) is 18.4 Å². The Balaban J connectivity index is 1.79. The minimum Gasteiger partial charge on any atom is -0.383 e. The Morgan fingerprint density at radius 1 is 0.875 bits per heavy atom. The number of nitrogens with zero attached hydrogens (tertiary/aromatic N) is 2. The van der Waals surface area contributed by atoms with Crippen LogP contribution in [0.5, 0.6) is 0 Å². The van der Waals surface area contributed by atoms with Gasteiger partial charge < -0.3 is 5.73 Å². The minimum absolute atomic E-state index is 0.240. The first-order chi connectivity index (χ1) is 15.2. The number of aromatic nitrogens is 1. The van der Waals surface area contributed by atoms with Crippen molar-refractivity contribution in [2.75, 3.05) is 26.1 Å². The first kappa shape index (κ1) is 22.1. The molecule has 0 radical (unpaired) electrons. The Morgan fingerprint density at radius 2 is 1.53 bits per heavy atom. The zero-order valence-electron chi connectivity index (χ0n) is 17.9. The van der Waals surface area contributed by atoms with E-state index in [9.17, 15) is 12.6 Å². The van der Waals surface area contributed by atoms with Crippen LogP contribution in [0.25, 0.3) is 33.2 Å². The van der Waals surface area contributed by atoms with Crippen molar-refractivity contribution in [2.45, 2.75) is 9.79 Å². The Kier molecular flexibility index (Phi) is 5.85. The number of nitrogen functional groups attached to an aromatic ring is 1. The summed E-state index contributed by atoms with van der Waals surface area (Å²) < 4.78 is 37.9. The lowest BCUT2D eigenvalue weighted by Crippen LogP contribution is -2.22. The molecule has 0 fully saturated rings. The molecule has 0 aliphatic carbocycles. The van der Waals surface area contributed by atoms with E-state index in [1.54, 1.807) is 24.5 Å². The summed E-state index contributed by atoms with van der Waals surface area (Å²) in [6.07, 6.45) is 1.64. The monoisotopic (exact) mass is 465 g/mol. The van der Waals surface area contributed by atoms with Crippen LogP contribution in [0.3, 0.4) is 0 Å². The molecule has 3 aromatic carbocycles. The average Bonchev–Trinajstić information content (AvgIpc) is 2.78. The van der Waals surface area contributed by atoms with E-state index in [-0.39, 0.29) is 4.90 Å². The summed E-state index contributed by atoms with van der Waals surface area (Å²) in [5.74, 6) is 0.412. The second kappa shape index (κ2) is 8.46. The lowest BCUT2D eigenvalue weighted by molar-refractivity contribution is 0.521. The number of nitrogens with two attached hydrogens (primary N) is 1. The molecule has 0 saturated heterocycles. The van der Waals surface area contributed by atoms with Gasteiger partial charge in [-0.15, -0.1) is 0 Å². The summed E-state index contributed by atoms with van der Waals surface area (Å²) in [5, 5.41) is 0.885. The Bertz CT molecular complexity index is 1450. The Labute approximate surface area is 190 Å². The third-order valence-corrected chi connectivity index (χ3v) is 8.03. The van der Waals surface area contributed by atoms with Gasteiger partial charge in [-0.2, -0.15) is 0 Å². The van der Waals surface area contributed by atoms with Crippen LogP contribution >= 0.6 is 0 Å². The molecule has 1 heterocycles. The van der Waals surface area contributed by atoms with Gasteiger partial charge in [0.2, 0.25) is 10.0 Å². The normalized spacial score (nSPS) is 12.9. The van der Waals surface area contributed by atoms with E-state index >= 15 is 0 Å². The molecule has 0 bridgehead atoms. The highest BCUT2D eigenvalue weighted by molar-refractivity contribution is 7.89. The number of hydrogen-bond donors (Lipinski definition) is 1. The Hall–Kier alpha value is -3.07. The van der Waals surface area contributed by atoms with Crippen LogP contribution in [0, 0.1) is 0 Å². The maximum atomic E-state index is 12.5. The highest BCUT2D eigenvalue weighted by Crippen LogP contribution is 2.32. The largest absolute Gasteiger partial charge is 0.383 e. The molecular formula is C24H23N3O3S2. The molecule has 0 spiro atoms. The van der Waals surface area contributed by atoms with Gasteiger partial charge >= 0.3 is 0 Å². The second-order valence-electron chi connectivity index (χ2n) is 7.62. The zero-order chi connectivity index (χ0) is 23.0. The third-order valence-electron chi connectivity index (χ3n) is 5.29. The summed E-state index contributed by atoms with van der Waals surface area (Å²) in [6.45, 7) is 0. The fraction of sp³-hybridized carbons (Fsp3) is 0.125. The van der Waals surface area contributed by atoms with Crippen LogP contribution in [0.1, 0.15) is 0 Å². The van der Waals surface area contributed by atoms with Gasteiger partial charge in [-0.1, -0.05) is 30.3 Å². The van der Waals surface area contributed by atoms with Crippen molar-refractivity contribution in [2.24, 2.45) is 0 Å². The van der Waals surface area contributed by atoms with E-state index in [1.807, 2.05) is 54.6 Å². The number of benzene rings is 3. The molecule has 8 heteroatoms. The van der Waals surface area contributed by atoms with Crippen molar-refractivity contribution in [3.63, 3.8) is 0 Å². The van der Waals surface area contributed by atoms with Gasteiger partial charge in [0.15, 0.2) is 0 Å². The minimum atomic E-state index is -3.53. The summed E-state index contributed by atoms with van der Waals surface area (Å²) in [6, 6.07) is 22.0. The van der Waals surface area contributed by atoms with E-state index in [0.29, 0.717) is 5.82 Å². The molecule has 1 atom stereocenters. The molecule has 4 rings (SSSR count). The van der Waals surface area contributed by atoms with Gasteiger partial charge in [0, 0.05) is 47.0 Å². The number of pyridine rings is 1. The smallest absolute Gasteiger partial charge is 0.242 e. The predicted molar refractivity (Wildman–Crippen MR) is 130 cm³/mol. The van der Waals surface area contributed by atoms with Crippen LogP contribution in [0.4, 0.5) is 5.82 Å². The van der Waals surface area contributed by atoms with Crippen molar-refractivity contribution < 1.29 is 12.6 Å². The maximum absolute atomic E-state index is 12.5. The molecular weight excluding hydrogens is 442 g/mol. The number of hydrogen-bond acceptors (Lipinski definition) is 5. The van der Waals surface area contributed by atoms with Crippen molar-refractivity contribution >= 4 is 37.5 Å². The maximum Gasteiger partial charge on any atom is 0.242 e. The number of sulfonamides is 1. The molecule has 1 unspecified atom stereocenters.